The van der Waals surface area contributed by atoms with Crippen molar-refractivity contribution in [2.24, 2.45) is 0 Å². The zero-order chi connectivity index (χ0) is 16.7. The minimum atomic E-state index is 0.172. The molecule has 1 aliphatic carbocycles. The minimum absolute atomic E-state index is 0.172. The van der Waals surface area contributed by atoms with Crippen LogP contribution in [-0.2, 0) is 10.8 Å². The van der Waals surface area contributed by atoms with Crippen molar-refractivity contribution in [2.75, 3.05) is 0 Å². The Morgan fingerprint density at radius 2 is 1.39 bits per heavy atom. The van der Waals surface area contributed by atoms with Gasteiger partial charge in [-0.05, 0) is 71.2 Å². The molecule has 0 fully saturated rings. The normalized spacial score (nSPS) is 18.1. The van der Waals surface area contributed by atoms with Crippen LogP contribution in [0, 0.1) is 0 Å². The van der Waals surface area contributed by atoms with Crippen LogP contribution >= 0.6 is 0 Å². The van der Waals surface area contributed by atoms with E-state index in [4.69, 9.17) is 4.74 Å². The van der Waals surface area contributed by atoms with Gasteiger partial charge in [0.2, 0.25) is 0 Å². The van der Waals surface area contributed by atoms with Crippen LogP contribution in [0.4, 0.5) is 0 Å². The minimum Gasteiger partial charge on any atom is -0.457 e. The van der Waals surface area contributed by atoms with Gasteiger partial charge in [0.1, 0.15) is 17.8 Å². The molecule has 1 aliphatic rings. The quantitative estimate of drug-likeness (QED) is 0.686. The molecule has 3 rings (SSSR count). The van der Waals surface area contributed by atoms with E-state index < -0.39 is 0 Å². The van der Waals surface area contributed by atoms with Crippen LogP contribution in [-0.4, -0.2) is 6.29 Å². The highest BCUT2D eigenvalue weighted by atomic mass is 16.5. The van der Waals surface area contributed by atoms with E-state index in [0.717, 1.165) is 17.8 Å². The summed E-state index contributed by atoms with van der Waals surface area (Å²) in [5, 5.41) is 0. The number of hydrogen-bond acceptors (Lipinski definition) is 2. The average molecular weight is 308 g/mol. The van der Waals surface area contributed by atoms with Crippen LogP contribution < -0.4 is 4.74 Å². The summed E-state index contributed by atoms with van der Waals surface area (Å²) in [5.74, 6) is 1.61. The number of benzene rings is 2. The van der Waals surface area contributed by atoms with E-state index in [1.807, 2.05) is 12.1 Å². The smallest absolute Gasteiger partial charge is 0.150 e. The molecule has 2 aromatic carbocycles. The van der Waals surface area contributed by atoms with Gasteiger partial charge in [-0.1, -0.05) is 33.8 Å². The molecule has 0 unspecified atom stereocenters. The molecule has 0 heterocycles. The van der Waals surface area contributed by atoms with E-state index >= 15 is 0 Å². The predicted octanol–water partition coefficient (Wildman–Crippen LogP) is 5.64. The number of hydrogen-bond donors (Lipinski definition) is 0. The van der Waals surface area contributed by atoms with Gasteiger partial charge in [0.05, 0.1) is 0 Å². The first-order valence-corrected chi connectivity index (χ1v) is 8.20. The molecule has 0 bridgehead atoms. The Labute approximate surface area is 138 Å². The number of fused-ring (bicyclic) bond motifs is 1. The molecule has 0 aromatic heterocycles. The van der Waals surface area contributed by atoms with Crippen molar-refractivity contribution in [3.05, 3.63) is 59.2 Å². The van der Waals surface area contributed by atoms with Gasteiger partial charge in [0.15, 0.2) is 0 Å². The first-order chi connectivity index (χ1) is 10.8. The maximum atomic E-state index is 10.7. The molecule has 2 nitrogen and oxygen atoms in total. The van der Waals surface area contributed by atoms with E-state index in [1.54, 1.807) is 12.1 Å². The number of carbonyl (C=O) groups is 1. The van der Waals surface area contributed by atoms with Gasteiger partial charge in [-0.15, -0.1) is 0 Å². The average Bonchev–Trinajstić information content (AvgIpc) is 2.53. The Morgan fingerprint density at radius 3 is 2.00 bits per heavy atom. The Hall–Kier alpha value is -2.09. The van der Waals surface area contributed by atoms with Crippen molar-refractivity contribution < 1.29 is 9.53 Å². The van der Waals surface area contributed by atoms with Gasteiger partial charge < -0.3 is 4.74 Å². The summed E-state index contributed by atoms with van der Waals surface area (Å²) < 4.78 is 5.99. The topological polar surface area (TPSA) is 26.3 Å². The van der Waals surface area contributed by atoms with Crippen molar-refractivity contribution in [1.29, 1.82) is 0 Å². The summed E-state index contributed by atoms with van der Waals surface area (Å²) in [6, 6.07) is 13.7. The second-order valence-corrected chi connectivity index (χ2v) is 7.76. The molecule has 23 heavy (non-hydrogen) atoms. The molecule has 0 spiro atoms. The van der Waals surface area contributed by atoms with E-state index in [0.29, 0.717) is 5.56 Å². The Morgan fingerprint density at radius 1 is 0.826 bits per heavy atom. The fraction of sp³-hybridized carbons (Fsp3) is 0.381. The fourth-order valence-electron chi connectivity index (χ4n) is 3.38. The molecule has 0 N–H and O–H groups in total. The van der Waals surface area contributed by atoms with Crippen LogP contribution in [0.3, 0.4) is 0 Å². The van der Waals surface area contributed by atoms with Gasteiger partial charge in [-0.3, -0.25) is 4.79 Å². The summed E-state index contributed by atoms with van der Waals surface area (Å²) in [6.45, 7) is 9.26. The molecule has 0 radical (unpaired) electrons. The third kappa shape index (κ3) is 3.03. The molecule has 120 valence electrons. The highest BCUT2D eigenvalue weighted by Crippen LogP contribution is 2.46. The largest absolute Gasteiger partial charge is 0.457 e. The highest BCUT2D eigenvalue weighted by molar-refractivity contribution is 5.74. The van der Waals surface area contributed by atoms with E-state index in [1.165, 1.54) is 24.0 Å². The zero-order valence-electron chi connectivity index (χ0n) is 14.3. The maximum absolute atomic E-state index is 10.7. The summed E-state index contributed by atoms with van der Waals surface area (Å²) in [7, 11) is 0. The molecule has 0 saturated carbocycles. The van der Waals surface area contributed by atoms with Gasteiger partial charge >= 0.3 is 0 Å². The van der Waals surface area contributed by atoms with Gasteiger partial charge in [-0.25, -0.2) is 0 Å². The molecule has 2 heteroatoms. The van der Waals surface area contributed by atoms with Crippen LogP contribution in [0.1, 0.15) is 62.0 Å². The molecule has 0 atom stereocenters. The molecule has 2 aromatic rings. The van der Waals surface area contributed by atoms with E-state index in [2.05, 4.69) is 45.9 Å². The highest BCUT2D eigenvalue weighted by Gasteiger charge is 2.37. The van der Waals surface area contributed by atoms with Gasteiger partial charge in [0.25, 0.3) is 0 Å². The van der Waals surface area contributed by atoms with Crippen LogP contribution in [0.25, 0.3) is 0 Å². The number of aldehydes is 1. The molecule has 0 saturated heterocycles. The number of ether oxygens (including phenoxy) is 1. The second kappa shape index (κ2) is 5.52. The summed E-state index contributed by atoms with van der Waals surface area (Å²) in [4.78, 5) is 10.7. The first kappa shape index (κ1) is 15.8. The van der Waals surface area contributed by atoms with Gasteiger partial charge in [-0.2, -0.15) is 0 Å². The van der Waals surface area contributed by atoms with Crippen molar-refractivity contribution >= 4 is 6.29 Å². The zero-order valence-corrected chi connectivity index (χ0v) is 14.3. The third-order valence-corrected chi connectivity index (χ3v) is 5.08. The Kier molecular flexibility index (Phi) is 3.79. The third-order valence-electron chi connectivity index (χ3n) is 5.08. The monoisotopic (exact) mass is 308 g/mol. The number of rotatable bonds is 3. The van der Waals surface area contributed by atoms with Gasteiger partial charge in [0, 0.05) is 5.56 Å². The lowest BCUT2D eigenvalue weighted by atomic mass is 9.63. The molecule has 0 aliphatic heterocycles. The Balaban J connectivity index is 1.94. The standard InChI is InChI=1S/C21H24O2/c1-20(2)11-12-21(3,4)19-13-17(9-10-18(19)20)23-16-7-5-15(14-22)6-8-16/h5-10,13-14H,11-12H2,1-4H3. The summed E-state index contributed by atoms with van der Waals surface area (Å²) in [6.07, 6.45) is 3.23. The molecule has 0 amide bonds. The van der Waals surface area contributed by atoms with Crippen molar-refractivity contribution in [2.45, 2.75) is 51.4 Å². The SMILES string of the molecule is CC1(C)CCC(C)(C)c2cc(Oc3ccc(C=O)cc3)ccc21. The van der Waals surface area contributed by atoms with E-state index in [-0.39, 0.29) is 10.8 Å². The summed E-state index contributed by atoms with van der Waals surface area (Å²) >= 11 is 0. The predicted molar refractivity (Wildman–Crippen MR) is 93.6 cm³/mol. The second-order valence-electron chi connectivity index (χ2n) is 7.76. The lowest BCUT2D eigenvalue weighted by Crippen LogP contribution is -2.33. The summed E-state index contributed by atoms with van der Waals surface area (Å²) in [5.41, 5.74) is 3.86. The van der Waals surface area contributed by atoms with Crippen molar-refractivity contribution in [1.82, 2.24) is 0 Å². The van der Waals surface area contributed by atoms with Crippen LogP contribution in [0.5, 0.6) is 11.5 Å². The van der Waals surface area contributed by atoms with Crippen LogP contribution in [0.2, 0.25) is 0 Å². The molecular formula is C21H24O2. The lowest BCUT2D eigenvalue weighted by molar-refractivity contribution is 0.112. The number of carbonyl (C=O) groups excluding carboxylic acids is 1. The van der Waals surface area contributed by atoms with Crippen molar-refractivity contribution in [3.8, 4) is 11.5 Å². The first-order valence-electron chi connectivity index (χ1n) is 8.20. The molecular weight excluding hydrogens is 284 g/mol. The van der Waals surface area contributed by atoms with Crippen molar-refractivity contribution in [3.63, 3.8) is 0 Å². The maximum Gasteiger partial charge on any atom is 0.150 e. The van der Waals surface area contributed by atoms with E-state index in [9.17, 15) is 4.79 Å². The van der Waals surface area contributed by atoms with Crippen LogP contribution in [0.15, 0.2) is 42.5 Å². The fourth-order valence-corrected chi connectivity index (χ4v) is 3.38. The lowest BCUT2D eigenvalue weighted by Gasteiger charge is -2.41. The Bertz CT molecular complexity index is 724.